The van der Waals surface area contributed by atoms with Crippen molar-refractivity contribution in [2.45, 2.75) is 12.7 Å². The van der Waals surface area contributed by atoms with Gasteiger partial charge in [-0.2, -0.15) is 13.2 Å². The largest absolute Gasteiger partial charge is 0.438 e. The van der Waals surface area contributed by atoms with Gasteiger partial charge in [0.2, 0.25) is 5.88 Å². The van der Waals surface area contributed by atoms with Gasteiger partial charge in [-0.1, -0.05) is 29.8 Å². The van der Waals surface area contributed by atoms with Crippen LogP contribution < -0.4 is 10.1 Å². The number of nitrogens with zero attached hydrogens (tertiary/aromatic N) is 1. The average Bonchev–Trinajstić information content (AvgIpc) is 2.67. The number of pyridine rings is 1. The van der Waals surface area contributed by atoms with Gasteiger partial charge >= 0.3 is 6.18 Å². The molecule has 8 heteroatoms. The predicted molar refractivity (Wildman–Crippen MR) is 98.4 cm³/mol. The number of carbonyl (C=O) groups is 1. The molecule has 0 fully saturated rings. The molecule has 1 amide bonds. The summed E-state index contributed by atoms with van der Waals surface area (Å²) in [5, 5.41) is 2.68. The molecule has 0 unspecified atom stereocenters. The van der Waals surface area contributed by atoms with Crippen LogP contribution in [0.2, 0.25) is 5.02 Å². The Morgan fingerprint density at radius 1 is 1.07 bits per heavy atom. The number of rotatable bonds is 5. The molecule has 3 aromatic rings. The lowest BCUT2D eigenvalue weighted by Crippen LogP contribution is -2.24. The van der Waals surface area contributed by atoms with E-state index in [1.807, 2.05) is 6.07 Å². The Hall–Kier alpha value is -3.06. The van der Waals surface area contributed by atoms with Crippen LogP contribution in [-0.4, -0.2) is 10.9 Å². The highest BCUT2D eigenvalue weighted by Crippen LogP contribution is 2.32. The summed E-state index contributed by atoms with van der Waals surface area (Å²) in [6.07, 6.45) is -3.03. The second kappa shape index (κ2) is 8.31. The minimum absolute atomic E-state index is 0.0846. The van der Waals surface area contributed by atoms with Gasteiger partial charge in [0, 0.05) is 17.8 Å². The molecule has 1 heterocycles. The highest BCUT2D eigenvalue weighted by Gasteiger charge is 2.31. The first kappa shape index (κ1) is 19.7. The molecule has 0 saturated carbocycles. The molecular weight excluding hydrogens is 393 g/mol. The number of nitrogens with one attached hydrogen (secondary N) is 1. The van der Waals surface area contributed by atoms with Crippen LogP contribution in [-0.2, 0) is 12.7 Å². The van der Waals surface area contributed by atoms with Crippen molar-refractivity contribution >= 4 is 17.5 Å². The highest BCUT2D eigenvalue weighted by atomic mass is 35.5. The van der Waals surface area contributed by atoms with Crippen molar-refractivity contribution in [3.8, 4) is 11.6 Å². The van der Waals surface area contributed by atoms with E-state index in [0.29, 0.717) is 5.75 Å². The molecule has 1 N–H and O–H groups in total. The molecule has 0 spiro atoms. The number of benzene rings is 2. The predicted octanol–water partition coefficient (Wildman–Crippen LogP) is 5.48. The number of ether oxygens (including phenoxy) is 1. The molecule has 3 rings (SSSR count). The van der Waals surface area contributed by atoms with Crippen LogP contribution in [0.4, 0.5) is 13.2 Å². The third-order valence-corrected chi connectivity index (χ3v) is 4.15. The first-order valence-corrected chi connectivity index (χ1v) is 8.54. The number of halogens is 4. The normalized spacial score (nSPS) is 11.1. The summed E-state index contributed by atoms with van der Waals surface area (Å²) in [6.45, 7) is -0.179. The molecule has 0 saturated heterocycles. The van der Waals surface area contributed by atoms with Crippen LogP contribution in [0.25, 0.3) is 0 Å². The number of hydrogen-bond acceptors (Lipinski definition) is 3. The van der Waals surface area contributed by atoms with E-state index in [1.54, 1.807) is 30.3 Å². The average molecular weight is 407 g/mol. The summed E-state index contributed by atoms with van der Waals surface area (Å²) in [5.41, 5.74) is -0.538. The Morgan fingerprint density at radius 2 is 1.82 bits per heavy atom. The van der Waals surface area contributed by atoms with E-state index in [0.717, 1.165) is 18.2 Å². The van der Waals surface area contributed by atoms with E-state index in [9.17, 15) is 18.0 Å². The molecular formula is C20H14ClF3N2O2. The summed E-state index contributed by atoms with van der Waals surface area (Å²) >= 11 is 5.96. The van der Waals surface area contributed by atoms with Crippen molar-refractivity contribution in [2.24, 2.45) is 0 Å². The zero-order valence-corrected chi connectivity index (χ0v) is 15.1. The fraction of sp³-hybridized carbons (Fsp3) is 0.100. The van der Waals surface area contributed by atoms with Crippen LogP contribution >= 0.6 is 11.6 Å². The zero-order valence-electron chi connectivity index (χ0n) is 14.3. The Kier molecular flexibility index (Phi) is 5.84. The summed E-state index contributed by atoms with van der Waals surface area (Å²) < 4.78 is 44.2. The van der Waals surface area contributed by atoms with Crippen molar-refractivity contribution in [1.29, 1.82) is 0 Å². The summed E-state index contributed by atoms with van der Waals surface area (Å²) in [6, 6.07) is 14.8. The fourth-order valence-corrected chi connectivity index (χ4v) is 2.59. The third-order valence-electron chi connectivity index (χ3n) is 3.79. The van der Waals surface area contributed by atoms with Gasteiger partial charge in [0.1, 0.15) is 11.3 Å². The van der Waals surface area contributed by atoms with Gasteiger partial charge < -0.3 is 10.1 Å². The summed E-state index contributed by atoms with van der Waals surface area (Å²) in [7, 11) is 0. The third kappa shape index (κ3) is 4.80. The number of carbonyl (C=O) groups excluding carboxylic acids is 1. The standard InChI is InChI=1S/C20H14ClF3N2O2/c21-17-9-8-14(20(22,23)24)11-13(17)12-26-18(27)16-7-4-10-25-19(16)28-15-5-2-1-3-6-15/h1-11H,12H2,(H,26,27). The molecule has 144 valence electrons. The van der Waals surface area contributed by atoms with Crippen molar-refractivity contribution in [3.05, 3.63) is 88.6 Å². The second-order valence-corrected chi connectivity index (χ2v) is 6.17. The lowest BCUT2D eigenvalue weighted by molar-refractivity contribution is -0.137. The molecule has 0 radical (unpaired) electrons. The Bertz CT molecular complexity index is 979. The molecule has 4 nitrogen and oxygen atoms in total. The molecule has 0 aliphatic carbocycles. The summed E-state index contributed by atoms with van der Waals surface area (Å²) in [5.74, 6) is 0.0324. The van der Waals surface area contributed by atoms with E-state index in [1.165, 1.54) is 12.3 Å². The lowest BCUT2D eigenvalue weighted by Gasteiger charge is -2.13. The first-order valence-electron chi connectivity index (χ1n) is 8.16. The maximum absolute atomic E-state index is 12.9. The van der Waals surface area contributed by atoms with Gasteiger partial charge in [-0.25, -0.2) is 4.98 Å². The quantitative estimate of drug-likeness (QED) is 0.610. The van der Waals surface area contributed by atoms with Gasteiger partial charge in [-0.15, -0.1) is 0 Å². The van der Waals surface area contributed by atoms with Gasteiger partial charge in [0.15, 0.2) is 0 Å². The monoisotopic (exact) mass is 406 g/mol. The Balaban J connectivity index is 1.76. The number of alkyl halides is 3. The number of amides is 1. The maximum atomic E-state index is 12.9. The smallest absolute Gasteiger partial charge is 0.416 e. The number of para-hydroxylation sites is 1. The van der Waals surface area contributed by atoms with E-state index in [2.05, 4.69) is 10.3 Å². The molecule has 0 atom stereocenters. The van der Waals surface area contributed by atoms with Gasteiger partial charge in [-0.3, -0.25) is 4.79 Å². The minimum Gasteiger partial charge on any atom is -0.438 e. The van der Waals surface area contributed by atoms with Crippen LogP contribution in [0.1, 0.15) is 21.5 Å². The minimum atomic E-state index is -4.50. The van der Waals surface area contributed by atoms with E-state index in [4.69, 9.17) is 16.3 Å². The van der Waals surface area contributed by atoms with Crippen molar-refractivity contribution in [3.63, 3.8) is 0 Å². The Morgan fingerprint density at radius 3 is 2.54 bits per heavy atom. The van der Waals surface area contributed by atoms with Gasteiger partial charge in [0.05, 0.1) is 5.56 Å². The highest BCUT2D eigenvalue weighted by molar-refractivity contribution is 6.31. The molecule has 2 aromatic carbocycles. The number of hydrogen-bond donors (Lipinski definition) is 1. The van der Waals surface area contributed by atoms with Crippen molar-refractivity contribution in [1.82, 2.24) is 10.3 Å². The molecule has 28 heavy (non-hydrogen) atoms. The lowest BCUT2D eigenvalue weighted by atomic mass is 10.1. The van der Waals surface area contributed by atoms with E-state index < -0.39 is 17.6 Å². The van der Waals surface area contributed by atoms with E-state index in [-0.39, 0.29) is 28.6 Å². The topological polar surface area (TPSA) is 51.2 Å². The SMILES string of the molecule is O=C(NCc1cc(C(F)(F)F)ccc1Cl)c1cccnc1Oc1ccccc1. The van der Waals surface area contributed by atoms with E-state index >= 15 is 0 Å². The summed E-state index contributed by atoms with van der Waals surface area (Å²) in [4.78, 5) is 16.6. The fourth-order valence-electron chi connectivity index (χ4n) is 2.40. The van der Waals surface area contributed by atoms with Crippen LogP contribution in [0, 0.1) is 0 Å². The second-order valence-electron chi connectivity index (χ2n) is 5.76. The molecule has 1 aromatic heterocycles. The first-order chi connectivity index (χ1) is 13.3. The molecule has 0 bridgehead atoms. The van der Waals surface area contributed by atoms with Crippen molar-refractivity contribution < 1.29 is 22.7 Å². The Labute approximate surface area is 163 Å². The molecule has 0 aliphatic heterocycles. The van der Waals surface area contributed by atoms with Gasteiger partial charge in [0.25, 0.3) is 5.91 Å². The maximum Gasteiger partial charge on any atom is 0.416 e. The molecule has 0 aliphatic rings. The zero-order chi connectivity index (χ0) is 20.1. The van der Waals surface area contributed by atoms with Crippen LogP contribution in [0.5, 0.6) is 11.6 Å². The number of aromatic nitrogens is 1. The van der Waals surface area contributed by atoms with Gasteiger partial charge in [-0.05, 0) is 48.0 Å². The van der Waals surface area contributed by atoms with Crippen LogP contribution in [0.3, 0.4) is 0 Å². The van der Waals surface area contributed by atoms with Crippen molar-refractivity contribution in [2.75, 3.05) is 0 Å². The van der Waals surface area contributed by atoms with Crippen LogP contribution in [0.15, 0.2) is 66.9 Å².